The minimum Gasteiger partial charge on any atom is -0.299 e. The van der Waals surface area contributed by atoms with Crippen molar-refractivity contribution in [2.24, 2.45) is 0 Å². The van der Waals surface area contributed by atoms with Crippen LogP contribution < -0.4 is 0 Å². The van der Waals surface area contributed by atoms with Crippen LogP contribution in [0.25, 0.3) is 0 Å². The van der Waals surface area contributed by atoms with E-state index in [0.29, 0.717) is 5.92 Å². The van der Waals surface area contributed by atoms with E-state index in [1.807, 2.05) is 24.7 Å². The number of nitrogens with zero attached hydrogens (tertiary/aromatic N) is 3. The highest BCUT2D eigenvalue weighted by molar-refractivity contribution is 5.28. The molecule has 3 heterocycles. The fourth-order valence-electron chi connectivity index (χ4n) is 3.63. The van der Waals surface area contributed by atoms with Gasteiger partial charge in [-0.15, -0.1) is 0 Å². The van der Waals surface area contributed by atoms with Gasteiger partial charge in [0.2, 0.25) is 0 Å². The molecular formula is C21H28N4. The van der Waals surface area contributed by atoms with E-state index in [-0.39, 0.29) is 0 Å². The molecule has 0 radical (unpaired) electrons. The SMILES string of the molecule is CC=CC(=CC)CN1CCC(c2[nH]ncc2Cc2cccnc2)CC1. The van der Waals surface area contributed by atoms with Crippen LogP contribution in [-0.2, 0) is 6.42 Å². The lowest BCUT2D eigenvalue weighted by Gasteiger charge is -2.32. The molecule has 1 fully saturated rings. The highest BCUT2D eigenvalue weighted by Gasteiger charge is 2.24. The fraction of sp³-hybridized carbons (Fsp3) is 0.429. The smallest absolute Gasteiger partial charge is 0.0525 e. The van der Waals surface area contributed by atoms with Crippen LogP contribution in [0.3, 0.4) is 0 Å². The molecule has 1 N–H and O–H groups in total. The Morgan fingerprint density at radius 1 is 1.28 bits per heavy atom. The van der Waals surface area contributed by atoms with Crippen molar-refractivity contribution in [2.75, 3.05) is 19.6 Å². The molecule has 0 saturated carbocycles. The van der Waals surface area contributed by atoms with Gasteiger partial charge in [-0.3, -0.25) is 15.0 Å². The molecule has 0 atom stereocenters. The predicted molar refractivity (Wildman–Crippen MR) is 103 cm³/mol. The second-order valence-corrected chi connectivity index (χ2v) is 6.76. The average Bonchev–Trinajstić information content (AvgIpc) is 3.11. The molecule has 25 heavy (non-hydrogen) atoms. The molecule has 0 spiro atoms. The van der Waals surface area contributed by atoms with E-state index in [1.54, 1.807) is 0 Å². The Morgan fingerprint density at radius 2 is 2.12 bits per heavy atom. The lowest BCUT2D eigenvalue weighted by atomic mass is 9.90. The van der Waals surface area contributed by atoms with Gasteiger partial charge in [-0.05, 0) is 62.5 Å². The largest absolute Gasteiger partial charge is 0.299 e. The highest BCUT2D eigenvalue weighted by atomic mass is 15.1. The molecule has 0 aliphatic carbocycles. The summed E-state index contributed by atoms with van der Waals surface area (Å²) in [6.45, 7) is 7.55. The third kappa shape index (κ3) is 4.67. The summed E-state index contributed by atoms with van der Waals surface area (Å²) in [6.07, 6.45) is 15.6. The number of H-pyrrole nitrogens is 1. The fourth-order valence-corrected chi connectivity index (χ4v) is 3.63. The number of pyridine rings is 1. The van der Waals surface area contributed by atoms with E-state index in [1.165, 1.54) is 35.2 Å². The Balaban J connectivity index is 1.59. The summed E-state index contributed by atoms with van der Waals surface area (Å²) in [5.41, 5.74) is 5.28. The molecule has 1 saturated heterocycles. The number of hydrogen-bond acceptors (Lipinski definition) is 3. The van der Waals surface area contributed by atoms with Gasteiger partial charge in [0.1, 0.15) is 0 Å². The minimum atomic E-state index is 0.584. The molecule has 2 aromatic rings. The normalized spacial score (nSPS) is 17.4. The number of aromatic nitrogens is 3. The number of piperidine rings is 1. The molecular weight excluding hydrogens is 308 g/mol. The lowest BCUT2D eigenvalue weighted by Crippen LogP contribution is -2.34. The quantitative estimate of drug-likeness (QED) is 0.808. The van der Waals surface area contributed by atoms with Crippen molar-refractivity contribution in [3.8, 4) is 0 Å². The van der Waals surface area contributed by atoms with Crippen molar-refractivity contribution >= 4 is 0 Å². The van der Waals surface area contributed by atoms with Gasteiger partial charge < -0.3 is 0 Å². The number of allylic oxidation sites excluding steroid dienone is 2. The van der Waals surface area contributed by atoms with E-state index in [9.17, 15) is 0 Å². The summed E-state index contributed by atoms with van der Waals surface area (Å²) in [5, 5.41) is 7.59. The standard InChI is InChI=1S/C21H28N4/c1-3-6-17(4-2)16-25-11-8-19(9-12-25)21-20(15-23-24-21)13-18-7-5-10-22-14-18/h3-7,10,14-15,19H,8-9,11-13,16H2,1-2H3,(H,23,24). The van der Waals surface area contributed by atoms with Crippen LogP contribution in [0.1, 0.15) is 49.4 Å². The van der Waals surface area contributed by atoms with Gasteiger partial charge in [-0.25, -0.2) is 0 Å². The van der Waals surface area contributed by atoms with Gasteiger partial charge in [0.05, 0.1) is 6.20 Å². The van der Waals surface area contributed by atoms with E-state index >= 15 is 0 Å². The van der Waals surface area contributed by atoms with Crippen LogP contribution in [0.5, 0.6) is 0 Å². The summed E-state index contributed by atoms with van der Waals surface area (Å²) >= 11 is 0. The maximum atomic E-state index is 4.32. The Kier molecular flexibility index (Phi) is 6.18. The molecule has 4 nitrogen and oxygen atoms in total. The van der Waals surface area contributed by atoms with Crippen molar-refractivity contribution in [3.63, 3.8) is 0 Å². The summed E-state index contributed by atoms with van der Waals surface area (Å²) in [5.74, 6) is 0.584. The van der Waals surface area contributed by atoms with Gasteiger partial charge in [-0.2, -0.15) is 5.10 Å². The Bertz CT molecular complexity index is 707. The summed E-state index contributed by atoms with van der Waals surface area (Å²) in [4.78, 5) is 6.78. The zero-order chi connectivity index (χ0) is 17.5. The van der Waals surface area contributed by atoms with Gasteiger partial charge in [-0.1, -0.05) is 24.3 Å². The first-order valence-corrected chi connectivity index (χ1v) is 9.21. The molecule has 1 aliphatic rings. The van der Waals surface area contributed by atoms with Gasteiger partial charge in [0.25, 0.3) is 0 Å². The van der Waals surface area contributed by atoms with Crippen LogP contribution in [-0.4, -0.2) is 39.7 Å². The van der Waals surface area contributed by atoms with Crippen molar-refractivity contribution in [2.45, 2.75) is 39.0 Å². The summed E-state index contributed by atoms with van der Waals surface area (Å²) < 4.78 is 0. The first-order chi connectivity index (χ1) is 12.3. The lowest BCUT2D eigenvalue weighted by molar-refractivity contribution is 0.227. The predicted octanol–water partition coefficient (Wildman–Crippen LogP) is 4.10. The minimum absolute atomic E-state index is 0.584. The van der Waals surface area contributed by atoms with Crippen molar-refractivity contribution < 1.29 is 0 Å². The monoisotopic (exact) mass is 336 g/mol. The van der Waals surface area contributed by atoms with Gasteiger partial charge >= 0.3 is 0 Å². The number of aromatic amines is 1. The second kappa shape index (κ2) is 8.77. The third-order valence-electron chi connectivity index (χ3n) is 5.02. The number of rotatable bonds is 6. The van der Waals surface area contributed by atoms with Crippen molar-refractivity contribution in [1.82, 2.24) is 20.1 Å². The molecule has 0 unspecified atom stereocenters. The maximum absolute atomic E-state index is 4.32. The average molecular weight is 336 g/mol. The summed E-state index contributed by atoms with van der Waals surface area (Å²) in [7, 11) is 0. The number of nitrogens with one attached hydrogen (secondary N) is 1. The Morgan fingerprint density at radius 3 is 2.80 bits per heavy atom. The molecule has 132 valence electrons. The summed E-state index contributed by atoms with van der Waals surface area (Å²) in [6, 6.07) is 4.13. The first-order valence-electron chi connectivity index (χ1n) is 9.21. The van der Waals surface area contributed by atoms with Crippen LogP contribution in [0, 0.1) is 0 Å². The molecule has 1 aliphatic heterocycles. The van der Waals surface area contributed by atoms with E-state index < -0.39 is 0 Å². The van der Waals surface area contributed by atoms with Crippen molar-refractivity contribution in [3.05, 3.63) is 71.3 Å². The van der Waals surface area contributed by atoms with Gasteiger partial charge in [0.15, 0.2) is 0 Å². The zero-order valence-corrected chi connectivity index (χ0v) is 15.3. The Labute approximate surface area is 150 Å². The third-order valence-corrected chi connectivity index (χ3v) is 5.02. The van der Waals surface area contributed by atoms with Crippen LogP contribution in [0.2, 0.25) is 0 Å². The molecule has 0 bridgehead atoms. The molecule has 3 rings (SSSR count). The van der Waals surface area contributed by atoms with Crippen LogP contribution in [0.4, 0.5) is 0 Å². The van der Waals surface area contributed by atoms with Crippen LogP contribution >= 0.6 is 0 Å². The van der Waals surface area contributed by atoms with Crippen molar-refractivity contribution in [1.29, 1.82) is 0 Å². The van der Waals surface area contributed by atoms with E-state index in [0.717, 1.165) is 26.1 Å². The van der Waals surface area contributed by atoms with Gasteiger partial charge in [0, 0.05) is 37.0 Å². The molecule has 2 aromatic heterocycles. The second-order valence-electron chi connectivity index (χ2n) is 6.76. The van der Waals surface area contributed by atoms with Crippen LogP contribution in [0.15, 0.2) is 54.5 Å². The molecule has 0 aromatic carbocycles. The first kappa shape index (κ1) is 17.6. The topological polar surface area (TPSA) is 44.8 Å². The maximum Gasteiger partial charge on any atom is 0.0525 e. The highest BCUT2D eigenvalue weighted by Crippen LogP contribution is 2.30. The zero-order valence-electron chi connectivity index (χ0n) is 15.3. The van der Waals surface area contributed by atoms with E-state index in [4.69, 9.17) is 0 Å². The molecule has 0 amide bonds. The Hall–Kier alpha value is -2.20. The number of hydrogen-bond donors (Lipinski definition) is 1. The number of likely N-dealkylation sites (tertiary alicyclic amines) is 1. The van der Waals surface area contributed by atoms with E-state index in [2.05, 4.69) is 58.2 Å². The molecule has 4 heteroatoms.